The number of fused-ring (bicyclic) bond motifs is 6. The molecule has 8 rings (SSSR count). The van der Waals surface area contributed by atoms with Crippen LogP contribution in [0.1, 0.15) is 18.2 Å². The fourth-order valence-electron chi connectivity index (χ4n) is 6.72. The molecule has 0 fully saturated rings. The van der Waals surface area contributed by atoms with Crippen molar-refractivity contribution in [1.29, 1.82) is 0 Å². The van der Waals surface area contributed by atoms with Crippen molar-refractivity contribution in [2.75, 3.05) is 0 Å². The van der Waals surface area contributed by atoms with E-state index in [1.54, 1.807) is 0 Å². The van der Waals surface area contributed by atoms with Crippen LogP contribution in [0.3, 0.4) is 0 Å². The van der Waals surface area contributed by atoms with Gasteiger partial charge in [-0.3, -0.25) is 0 Å². The lowest BCUT2D eigenvalue weighted by atomic mass is 10.0. The second kappa shape index (κ2) is 10.0. The van der Waals surface area contributed by atoms with E-state index >= 15 is 0 Å². The third-order valence-electron chi connectivity index (χ3n) is 8.59. The smallest absolute Gasteiger partial charge is 0.0548 e. The lowest BCUT2D eigenvalue weighted by Crippen LogP contribution is -1.97. The molecule has 0 spiro atoms. The fraction of sp³-hybridized carbons (Fsp3) is 0.0244. The molecule has 0 aliphatic rings. The molecular weight excluding hydrogens is 520 g/mol. The van der Waals surface area contributed by atoms with Crippen molar-refractivity contribution in [3.05, 3.63) is 157 Å². The minimum absolute atomic E-state index is 1.13. The highest BCUT2D eigenvalue weighted by molar-refractivity contribution is 6.23. The summed E-state index contributed by atoms with van der Waals surface area (Å²) in [5.41, 5.74) is 10.6. The molecule has 2 aromatic heterocycles. The van der Waals surface area contributed by atoms with Crippen molar-refractivity contribution in [1.82, 2.24) is 9.13 Å². The van der Waals surface area contributed by atoms with Crippen LogP contribution in [-0.2, 0) is 0 Å². The summed E-state index contributed by atoms with van der Waals surface area (Å²) in [6.45, 7) is 6.39. The zero-order valence-corrected chi connectivity index (χ0v) is 24.0. The molecule has 204 valence electrons. The van der Waals surface area contributed by atoms with Crippen molar-refractivity contribution >= 4 is 55.6 Å². The van der Waals surface area contributed by atoms with Crippen molar-refractivity contribution in [3.8, 4) is 22.5 Å². The van der Waals surface area contributed by atoms with Crippen molar-refractivity contribution in [2.45, 2.75) is 6.92 Å². The normalized spacial score (nSPS) is 11.8. The van der Waals surface area contributed by atoms with Gasteiger partial charge >= 0.3 is 0 Å². The molecule has 2 nitrogen and oxygen atoms in total. The SMILES string of the molecule is C=Cc1c(/C=C\C)n(-c2ccc(-c3ccc4ccccc4c3)cc2)c2ccc3c(c4ccccc4n3-c3ccccc3)c12. The third kappa shape index (κ3) is 3.88. The first-order valence-corrected chi connectivity index (χ1v) is 14.8. The van der Waals surface area contributed by atoms with Crippen LogP contribution in [0.5, 0.6) is 0 Å². The maximum Gasteiger partial charge on any atom is 0.0548 e. The standard InChI is InChI=1S/C41H30N2/c1-3-12-36-34(4-2)40-38(25-26-39-41(40)35-17-10-11-18-37(35)42(39)32-15-6-5-7-16-32)43(36)33-23-21-29(22-24-33)31-20-19-28-13-8-9-14-30(28)27-31/h3-27H,2H2,1H3/b12-3-. The molecule has 43 heavy (non-hydrogen) atoms. The number of hydrogen-bond acceptors (Lipinski definition) is 0. The van der Waals surface area contributed by atoms with Gasteiger partial charge in [-0.1, -0.05) is 104 Å². The van der Waals surface area contributed by atoms with Crippen molar-refractivity contribution in [3.63, 3.8) is 0 Å². The lowest BCUT2D eigenvalue weighted by molar-refractivity contribution is 1.10. The van der Waals surface area contributed by atoms with E-state index in [9.17, 15) is 0 Å². The summed E-state index contributed by atoms with van der Waals surface area (Å²) in [7, 11) is 0. The average Bonchev–Trinajstić information content (AvgIpc) is 3.57. The first-order chi connectivity index (χ1) is 21.3. The zero-order valence-electron chi connectivity index (χ0n) is 24.0. The van der Waals surface area contributed by atoms with Crippen LogP contribution in [0, 0.1) is 0 Å². The van der Waals surface area contributed by atoms with Gasteiger partial charge in [-0.05, 0) is 83.4 Å². The summed E-state index contributed by atoms with van der Waals surface area (Å²) in [5.74, 6) is 0. The van der Waals surface area contributed by atoms with Crippen LogP contribution in [0.25, 0.3) is 78.1 Å². The summed E-state index contributed by atoms with van der Waals surface area (Å²) in [6.07, 6.45) is 6.34. The van der Waals surface area contributed by atoms with Gasteiger partial charge in [-0.15, -0.1) is 0 Å². The van der Waals surface area contributed by atoms with E-state index in [0.29, 0.717) is 0 Å². The molecule has 0 N–H and O–H groups in total. The second-order valence-corrected chi connectivity index (χ2v) is 11.0. The van der Waals surface area contributed by atoms with Gasteiger partial charge in [0, 0.05) is 33.1 Å². The molecule has 0 unspecified atom stereocenters. The van der Waals surface area contributed by atoms with Crippen LogP contribution >= 0.6 is 0 Å². The van der Waals surface area contributed by atoms with E-state index in [0.717, 1.165) is 22.6 Å². The molecule has 0 atom stereocenters. The van der Waals surface area contributed by atoms with Crippen LogP contribution < -0.4 is 0 Å². The number of nitrogens with zero attached hydrogens (tertiary/aromatic N) is 2. The van der Waals surface area contributed by atoms with Crippen LogP contribution in [0.4, 0.5) is 0 Å². The quantitative estimate of drug-likeness (QED) is 0.202. The van der Waals surface area contributed by atoms with Gasteiger partial charge in [-0.25, -0.2) is 0 Å². The summed E-state index contributed by atoms with van der Waals surface area (Å²) in [4.78, 5) is 0. The molecule has 0 saturated carbocycles. The summed E-state index contributed by atoms with van der Waals surface area (Å²) >= 11 is 0. The Kier molecular flexibility index (Phi) is 5.87. The Balaban J connectivity index is 1.38. The zero-order chi connectivity index (χ0) is 28.9. The molecule has 2 heterocycles. The Bertz CT molecular complexity index is 2350. The molecule has 0 amide bonds. The van der Waals surface area contributed by atoms with E-state index in [4.69, 9.17) is 0 Å². The minimum Gasteiger partial charge on any atom is -0.309 e. The van der Waals surface area contributed by atoms with Gasteiger partial charge in [0.1, 0.15) is 0 Å². The van der Waals surface area contributed by atoms with Gasteiger partial charge in [-0.2, -0.15) is 0 Å². The van der Waals surface area contributed by atoms with Crippen LogP contribution in [-0.4, -0.2) is 9.13 Å². The largest absolute Gasteiger partial charge is 0.309 e. The highest BCUT2D eigenvalue weighted by atomic mass is 15.0. The van der Waals surface area contributed by atoms with Gasteiger partial charge in [0.15, 0.2) is 0 Å². The Morgan fingerprint density at radius 3 is 1.95 bits per heavy atom. The number of hydrogen-bond donors (Lipinski definition) is 0. The molecule has 0 radical (unpaired) electrons. The minimum atomic E-state index is 1.13. The van der Waals surface area contributed by atoms with Crippen molar-refractivity contribution < 1.29 is 0 Å². The van der Waals surface area contributed by atoms with Gasteiger partial charge in [0.25, 0.3) is 0 Å². The maximum atomic E-state index is 4.31. The number of benzene rings is 6. The highest BCUT2D eigenvalue weighted by Gasteiger charge is 2.21. The Labute approximate surface area is 251 Å². The first-order valence-electron chi connectivity index (χ1n) is 14.8. The van der Waals surface area contributed by atoms with Gasteiger partial charge < -0.3 is 9.13 Å². The molecule has 8 aromatic rings. The molecule has 0 bridgehead atoms. The van der Waals surface area contributed by atoms with E-state index < -0.39 is 0 Å². The molecule has 0 saturated heterocycles. The Morgan fingerprint density at radius 1 is 0.535 bits per heavy atom. The maximum absolute atomic E-state index is 4.31. The predicted octanol–water partition coefficient (Wildman–Crippen LogP) is 11.2. The van der Waals surface area contributed by atoms with E-state index in [-0.39, 0.29) is 0 Å². The predicted molar refractivity (Wildman–Crippen MR) is 185 cm³/mol. The number of para-hydroxylation sites is 2. The molecule has 2 heteroatoms. The van der Waals surface area contributed by atoms with E-state index in [1.807, 2.05) is 6.08 Å². The van der Waals surface area contributed by atoms with E-state index in [1.165, 1.54) is 54.6 Å². The second-order valence-electron chi connectivity index (χ2n) is 11.0. The number of aromatic nitrogens is 2. The van der Waals surface area contributed by atoms with E-state index in [2.05, 4.69) is 168 Å². The topological polar surface area (TPSA) is 9.86 Å². The monoisotopic (exact) mass is 550 g/mol. The van der Waals surface area contributed by atoms with Gasteiger partial charge in [0.05, 0.1) is 22.2 Å². The first kappa shape index (κ1) is 25.1. The lowest BCUT2D eigenvalue weighted by Gasteiger charge is -2.11. The molecule has 0 aliphatic heterocycles. The number of allylic oxidation sites excluding steroid dienone is 1. The Morgan fingerprint density at radius 2 is 1.19 bits per heavy atom. The molecular formula is C41H30N2. The van der Waals surface area contributed by atoms with Crippen molar-refractivity contribution in [2.24, 2.45) is 0 Å². The third-order valence-corrected chi connectivity index (χ3v) is 8.59. The summed E-state index contributed by atoms with van der Waals surface area (Å²) in [5, 5.41) is 6.24. The summed E-state index contributed by atoms with van der Waals surface area (Å²) in [6, 6.07) is 48.1. The summed E-state index contributed by atoms with van der Waals surface area (Å²) < 4.78 is 4.76. The highest BCUT2D eigenvalue weighted by Crippen LogP contribution is 2.42. The Hall–Kier alpha value is -5.60. The fourth-order valence-corrected chi connectivity index (χ4v) is 6.72. The number of rotatable bonds is 5. The van der Waals surface area contributed by atoms with Gasteiger partial charge in [0.2, 0.25) is 0 Å². The average molecular weight is 551 g/mol. The molecule has 0 aliphatic carbocycles. The van der Waals surface area contributed by atoms with Crippen LogP contribution in [0.15, 0.2) is 146 Å². The molecule has 6 aromatic carbocycles. The van der Waals surface area contributed by atoms with Crippen LogP contribution in [0.2, 0.25) is 0 Å².